The Bertz CT molecular complexity index is 390. The Labute approximate surface area is 77.3 Å². The maximum Gasteiger partial charge on any atom is 0.249 e. The largest absolute Gasteiger partial charge is 0.366 e. The second-order valence-electron chi connectivity index (χ2n) is 2.51. The van der Waals surface area contributed by atoms with E-state index >= 15 is 0 Å². The molecule has 0 radical (unpaired) electrons. The van der Waals surface area contributed by atoms with E-state index in [-0.39, 0.29) is 11.3 Å². The van der Waals surface area contributed by atoms with E-state index in [1.54, 1.807) is 18.2 Å². The fraction of sp³-hybridized carbons (Fsp3) is 0.125. The van der Waals surface area contributed by atoms with Crippen molar-refractivity contribution in [2.24, 2.45) is 5.73 Å². The van der Waals surface area contributed by atoms with Crippen LogP contribution in [0, 0.1) is 0 Å². The molecule has 1 amide bonds. The van der Waals surface area contributed by atoms with Crippen molar-refractivity contribution in [3.63, 3.8) is 0 Å². The van der Waals surface area contributed by atoms with E-state index in [4.69, 9.17) is 5.73 Å². The SMILES string of the molecule is NC(=O)c1ccccc1C[SH](=O)=O. The van der Waals surface area contributed by atoms with Gasteiger partial charge in [-0.05, 0) is 11.6 Å². The predicted molar refractivity (Wildman–Crippen MR) is 49.0 cm³/mol. The number of hydrogen-bond donors (Lipinski definition) is 2. The van der Waals surface area contributed by atoms with Gasteiger partial charge in [-0.3, -0.25) is 4.79 Å². The summed E-state index contributed by atoms with van der Waals surface area (Å²) in [7, 11) is -2.53. The Balaban J connectivity index is 3.11. The molecular formula is C8H9NO3S. The third-order valence-corrected chi connectivity index (χ3v) is 2.18. The summed E-state index contributed by atoms with van der Waals surface area (Å²) in [6, 6.07) is 6.39. The van der Waals surface area contributed by atoms with Gasteiger partial charge >= 0.3 is 0 Å². The number of benzene rings is 1. The van der Waals surface area contributed by atoms with Crippen LogP contribution in [0.1, 0.15) is 15.9 Å². The third-order valence-electron chi connectivity index (χ3n) is 1.58. The molecule has 1 aromatic carbocycles. The summed E-state index contributed by atoms with van der Waals surface area (Å²) in [4.78, 5) is 10.8. The molecule has 0 bridgehead atoms. The topological polar surface area (TPSA) is 77.2 Å². The summed E-state index contributed by atoms with van der Waals surface area (Å²) in [6.07, 6.45) is 0. The molecule has 5 heteroatoms. The lowest BCUT2D eigenvalue weighted by atomic mass is 10.1. The Kier molecular flexibility index (Phi) is 3.02. The highest BCUT2D eigenvalue weighted by Crippen LogP contribution is 2.08. The van der Waals surface area contributed by atoms with E-state index in [0.29, 0.717) is 5.56 Å². The zero-order valence-corrected chi connectivity index (χ0v) is 7.66. The Morgan fingerprint density at radius 2 is 1.92 bits per heavy atom. The number of carbonyl (C=O) groups excluding carboxylic acids is 1. The standard InChI is InChI=1S/C8H9NO3S/c9-8(10)7-4-2-1-3-6(7)5-13(11)12/h1-4,13H,5H2,(H2,9,10). The molecule has 0 fully saturated rings. The van der Waals surface area contributed by atoms with Crippen molar-refractivity contribution in [1.29, 1.82) is 0 Å². The van der Waals surface area contributed by atoms with E-state index in [2.05, 4.69) is 0 Å². The molecule has 0 saturated heterocycles. The first-order valence-electron chi connectivity index (χ1n) is 3.61. The molecule has 1 rings (SSSR count). The third kappa shape index (κ3) is 2.55. The van der Waals surface area contributed by atoms with Gasteiger partial charge in [0.05, 0.1) is 5.75 Å². The molecule has 13 heavy (non-hydrogen) atoms. The van der Waals surface area contributed by atoms with Gasteiger partial charge in [0.15, 0.2) is 0 Å². The fourth-order valence-electron chi connectivity index (χ4n) is 1.04. The van der Waals surface area contributed by atoms with Crippen molar-refractivity contribution in [3.8, 4) is 0 Å². The van der Waals surface area contributed by atoms with E-state index in [1.807, 2.05) is 0 Å². The average molecular weight is 199 g/mol. The summed E-state index contributed by atoms with van der Waals surface area (Å²) in [5.41, 5.74) is 5.77. The number of carbonyl (C=O) groups is 1. The number of primary amides is 1. The minimum atomic E-state index is -2.53. The van der Waals surface area contributed by atoms with Gasteiger partial charge < -0.3 is 5.73 Å². The highest BCUT2D eigenvalue weighted by molar-refractivity contribution is 7.71. The van der Waals surface area contributed by atoms with Gasteiger partial charge in [0, 0.05) is 5.56 Å². The lowest BCUT2D eigenvalue weighted by Crippen LogP contribution is -2.13. The van der Waals surface area contributed by atoms with Crippen molar-refractivity contribution in [2.75, 3.05) is 0 Å². The van der Waals surface area contributed by atoms with Crippen LogP contribution in [0.4, 0.5) is 0 Å². The number of thiol groups is 1. The van der Waals surface area contributed by atoms with Gasteiger partial charge in [-0.2, -0.15) is 0 Å². The molecule has 0 aliphatic heterocycles. The lowest BCUT2D eigenvalue weighted by Gasteiger charge is -2.01. The number of nitrogens with two attached hydrogens (primary N) is 1. The van der Waals surface area contributed by atoms with Crippen LogP contribution in [0.25, 0.3) is 0 Å². The highest BCUT2D eigenvalue weighted by atomic mass is 32.2. The van der Waals surface area contributed by atoms with E-state index in [9.17, 15) is 13.2 Å². The quantitative estimate of drug-likeness (QED) is 0.667. The first-order chi connectivity index (χ1) is 6.11. The highest BCUT2D eigenvalue weighted by Gasteiger charge is 2.06. The molecule has 0 spiro atoms. The summed E-state index contributed by atoms with van der Waals surface area (Å²) >= 11 is 0. The minimum Gasteiger partial charge on any atom is -0.366 e. The number of hydrogen-bond acceptors (Lipinski definition) is 3. The summed E-state index contributed by atoms with van der Waals surface area (Å²) in [6.45, 7) is 0. The van der Waals surface area contributed by atoms with Crippen LogP contribution in [0.2, 0.25) is 0 Å². The van der Waals surface area contributed by atoms with E-state index < -0.39 is 16.6 Å². The Morgan fingerprint density at radius 3 is 2.46 bits per heavy atom. The minimum absolute atomic E-state index is 0.144. The van der Waals surface area contributed by atoms with Gasteiger partial charge in [0.2, 0.25) is 5.91 Å². The van der Waals surface area contributed by atoms with Crippen molar-refractivity contribution in [3.05, 3.63) is 35.4 Å². The van der Waals surface area contributed by atoms with Crippen molar-refractivity contribution in [2.45, 2.75) is 5.75 Å². The summed E-state index contributed by atoms with van der Waals surface area (Å²) in [5, 5.41) is 0. The van der Waals surface area contributed by atoms with Crippen molar-refractivity contribution in [1.82, 2.24) is 0 Å². The van der Waals surface area contributed by atoms with Crippen molar-refractivity contribution < 1.29 is 13.2 Å². The second kappa shape index (κ2) is 4.04. The van der Waals surface area contributed by atoms with Crippen LogP contribution in [-0.4, -0.2) is 14.3 Å². The fourth-order valence-corrected chi connectivity index (χ4v) is 1.59. The molecular weight excluding hydrogens is 190 g/mol. The lowest BCUT2D eigenvalue weighted by molar-refractivity contribution is 0.0999. The van der Waals surface area contributed by atoms with Crippen LogP contribution < -0.4 is 5.73 Å². The Hall–Kier alpha value is -1.36. The zero-order valence-electron chi connectivity index (χ0n) is 6.77. The van der Waals surface area contributed by atoms with Gasteiger partial charge in [0.1, 0.15) is 10.7 Å². The van der Waals surface area contributed by atoms with Crippen LogP contribution in [0.5, 0.6) is 0 Å². The molecule has 4 nitrogen and oxygen atoms in total. The number of amides is 1. The number of rotatable bonds is 3. The van der Waals surface area contributed by atoms with Crippen LogP contribution in [0.15, 0.2) is 24.3 Å². The molecule has 0 heterocycles. The zero-order chi connectivity index (χ0) is 9.84. The molecule has 0 unspecified atom stereocenters. The van der Waals surface area contributed by atoms with E-state index in [0.717, 1.165) is 0 Å². The average Bonchev–Trinajstić information content (AvgIpc) is 2.03. The Morgan fingerprint density at radius 1 is 1.31 bits per heavy atom. The monoisotopic (exact) mass is 199 g/mol. The molecule has 1 aromatic rings. The first-order valence-corrected chi connectivity index (χ1v) is 4.97. The summed E-state index contributed by atoms with van der Waals surface area (Å²) in [5.74, 6) is -0.749. The smallest absolute Gasteiger partial charge is 0.249 e. The van der Waals surface area contributed by atoms with Gasteiger partial charge in [0.25, 0.3) is 0 Å². The normalized spacial score (nSPS) is 10.2. The van der Waals surface area contributed by atoms with E-state index in [1.165, 1.54) is 6.07 Å². The molecule has 0 saturated carbocycles. The van der Waals surface area contributed by atoms with Crippen LogP contribution >= 0.6 is 0 Å². The molecule has 0 atom stereocenters. The molecule has 0 aromatic heterocycles. The molecule has 0 aliphatic rings. The van der Waals surface area contributed by atoms with Gasteiger partial charge in [-0.15, -0.1) is 0 Å². The maximum absolute atomic E-state index is 10.8. The molecule has 0 aliphatic carbocycles. The van der Waals surface area contributed by atoms with Crippen molar-refractivity contribution >= 4 is 16.6 Å². The van der Waals surface area contributed by atoms with Gasteiger partial charge in [-0.1, -0.05) is 18.2 Å². The van der Waals surface area contributed by atoms with Gasteiger partial charge in [-0.25, -0.2) is 8.42 Å². The molecule has 2 N–H and O–H groups in total. The second-order valence-corrected chi connectivity index (χ2v) is 3.49. The predicted octanol–water partition coefficient (Wildman–Crippen LogP) is -0.103. The van der Waals surface area contributed by atoms with Crippen LogP contribution in [0.3, 0.4) is 0 Å². The molecule has 70 valence electrons. The first kappa shape index (κ1) is 9.73. The van der Waals surface area contributed by atoms with Crippen LogP contribution in [-0.2, 0) is 16.5 Å². The summed E-state index contributed by atoms with van der Waals surface area (Å²) < 4.78 is 20.9. The maximum atomic E-state index is 10.8.